The Morgan fingerprint density at radius 2 is 1.89 bits per heavy atom. The number of unbranched alkanes of at least 4 members (excludes halogenated alkanes) is 1. The Bertz CT molecular complexity index is 1330. The fraction of sp³-hybridized carbons (Fsp3) is 0.632. The lowest BCUT2D eigenvalue weighted by Gasteiger charge is -2.33. The molecule has 0 aromatic heterocycles. The first-order valence-corrected chi connectivity index (χ1v) is 17.1. The lowest BCUT2D eigenvalue weighted by Crippen LogP contribution is -2.30. The monoisotopic (exact) mass is 615 g/mol. The van der Waals surface area contributed by atoms with E-state index in [-0.39, 0.29) is 47.4 Å². The number of hydrogen-bond donors (Lipinski definition) is 3. The third kappa shape index (κ3) is 9.78. The van der Waals surface area contributed by atoms with Crippen LogP contribution in [-0.2, 0) is 16.0 Å². The van der Waals surface area contributed by atoms with Gasteiger partial charge in [0.25, 0.3) is 0 Å². The number of nitrogens with zero attached hydrogens (tertiary/aromatic N) is 1. The lowest BCUT2D eigenvalue weighted by molar-refractivity contribution is -0.114. The van der Waals surface area contributed by atoms with E-state index in [4.69, 9.17) is 20.9 Å². The highest BCUT2D eigenvalue weighted by molar-refractivity contribution is 5.89. The molecule has 0 radical (unpaired) electrons. The molecule has 1 aromatic carbocycles. The van der Waals surface area contributed by atoms with Gasteiger partial charge >= 0.3 is 0 Å². The summed E-state index contributed by atoms with van der Waals surface area (Å²) in [6.07, 6.45) is 15.4. The third-order valence-electron chi connectivity index (χ3n) is 9.56. The fourth-order valence-electron chi connectivity index (χ4n) is 7.03. The second-order valence-corrected chi connectivity index (χ2v) is 13.2. The van der Waals surface area contributed by atoms with Crippen LogP contribution in [0, 0.1) is 41.4 Å². The van der Waals surface area contributed by atoms with Gasteiger partial charge in [-0.3, -0.25) is 4.79 Å². The highest BCUT2D eigenvalue weighted by Crippen LogP contribution is 2.47. The average molecular weight is 616 g/mol. The SMILES string of the molecule is CCCC=CC(=O)CCc1cc(OC2CCCC2)c(O)c2c1C#CC1CC#CCC(C)CCC2C(COC)CCC1N=C(N)N. The summed E-state index contributed by atoms with van der Waals surface area (Å²) in [4.78, 5) is 17.6. The molecule has 4 aliphatic carbocycles. The van der Waals surface area contributed by atoms with Crippen molar-refractivity contribution in [1.29, 1.82) is 0 Å². The minimum Gasteiger partial charge on any atom is -0.504 e. The molecule has 0 amide bonds. The van der Waals surface area contributed by atoms with E-state index in [0.29, 0.717) is 37.5 Å². The number of allylic oxidation sites excluding steroid dienone is 2. The number of rotatable bonds is 11. The molecule has 0 heterocycles. The van der Waals surface area contributed by atoms with Crippen molar-refractivity contribution in [2.24, 2.45) is 34.2 Å². The Morgan fingerprint density at radius 1 is 1.11 bits per heavy atom. The molecule has 1 saturated carbocycles. The van der Waals surface area contributed by atoms with Crippen LogP contribution in [-0.4, -0.2) is 42.7 Å². The first-order valence-electron chi connectivity index (χ1n) is 17.1. The number of carbonyl (C=O) groups is 1. The number of ether oxygens (including phenoxy) is 2. The highest BCUT2D eigenvalue weighted by atomic mass is 16.5. The van der Waals surface area contributed by atoms with E-state index >= 15 is 0 Å². The van der Waals surface area contributed by atoms with Gasteiger partial charge in [0, 0.05) is 44.1 Å². The molecule has 0 spiro atoms. The van der Waals surface area contributed by atoms with Crippen molar-refractivity contribution in [3.8, 4) is 35.2 Å². The number of ketones is 1. The number of fused-ring (bicyclic) bond motifs is 8. The molecule has 5 unspecified atom stereocenters. The van der Waals surface area contributed by atoms with E-state index in [1.807, 2.05) is 12.1 Å². The van der Waals surface area contributed by atoms with E-state index < -0.39 is 0 Å². The third-order valence-corrected chi connectivity index (χ3v) is 9.56. The Labute approximate surface area is 270 Å². The van der Waals surface area contributed by atoms with Gasteiger partial charge in [0.05, 0.1) is 18.1 Å². The number of guanidine groups is 1. The van der Waals surface area contributed by atoms with Crippen LogP contribution < -0.4 is 16.2 Å². The number of aryl methyl sites for hydroxylation is 1. The largest absolute Gasteiger partial charge is 0.504 e. The molecule has 45 heavy (non-hydrogen) atoms. The summed E-state index contributed by atoms with van der Waals surface area (Å²) in [5.41, 5.74) is 14.4. The van der Waals surface area contributed by atoms with Crippen molar-refractivity contribution in [3.05, 3.63) is 34.9 Å². The van der Waals surface area contributed by atoms with Crippen molar-refractivity contribution in [3.63, 3.8) is 0 Å². The molecule has 7 heteroatoms. The van der Waals surface area contributed by atoms with E-state index in [1.54, 1.807) is 13.2 Å². The number of hydrogen-bond acceptors (Lipinski definition) is 5. The number of benzene rings is 1. The van der Waals surface area contributed by atoms with Crippen molar-refractivity contribution < 1.29 is 19.4 Å². The van der Waals surface area contributed by atoms with Crippen LogP contribution in [0.25, 0.3) is 0 Å². The van der Waals surface area contributed by atoms with Gasteiger partial charge in [-0.25, -0.2) is 4.99 Å². The van der Waals surface area contributed by atoms with Crippen LogP contribution in [0.15, 0.2) is 23.2 Å². The summed E-state index contributed by atoms with van der Waals surface area (Å²) in [5.74, 6) is 14.9. The molecule has 5 atom stereocenters. The summed E-state index contributed by atoms with van der Waals surface area (Å²) < 4.78 is 12.4. The predicted molar refractivity (Wildman–Crippen MR) is 181 cm³/mol. The lowest BCUT2D eigenvalue weighted by atomic mass is 9.74. The van der Waals surface area contributed by atoms with Gasteiger partial charge in [-0.2, -0.15) is 0 Å². The molecule has 244 valence electrons. The zero-order valence-electron chi connectivity index (χ0n) is 27.6. The molecule has 0 aliphatic heterocycles. The molecule has 0 saturated heterocycles. The molecular weight excluding hydrogens is 562 g/mol. The Hall–Kier alpha value is -3.42. The van der Waals surface area contributed by atoms with Gasteiger partial charge in [-0.05, 0) is 99.7 Å². The molecule has 5 rings (SSSR count). The van der Waals surface area contributed by atoms with Crippen molar-refractivity contribution >= 4 is 11.7 Å². The van der Waals surface area contributed by atoms with E-state index in [0.717, 1.165) is 87.3 Å². The number of phenols is 1. The second kappa shape index (κ2) is 17.3. The van der Waals surface area contributed by atoms with Gasteiger partial charge in [-0.1, -0.05) is 38.2 Å². The highest BCUT2D eigenvalue weighted by Gasteiger charge is 2.34. The van der Waals surface area contributed by atoms with E-state index in [9.17, 15) is 9.90 Å². The Morgan fingerprint density at radius 3 is 2.62 bits per heavy atom. The van der Waals surface area contributed by atoms with Crippen LogP contribution in [0.4, 0.5) is 0 Å². The standard InChI is InChI=1S/C38H53N3O4/c1-4-5-6-13-30(42)20-17-28-24-35(45-31-14-9-10-15-31)37(43)36-32(28)22-18-27-12-8-7-11-26(2)16-21-33(36)29(25-44-3)19-23-34(27)41-38(39)40/h6,13,24,26-27,29,31,33-34,43H,4-5,9-12,14-17,19-21,23,25H2,1-3H3,(H4,39,40,41). The van der Waals surface area contributed by atoms with E-state index in [2.05, 4.69) is 42.5 Å². The fourth-order valence-corrected chi connectivity index (χ4v) is 7.03. The summed E-state index contributed by atoms with van der Waals surface area (Å²) >= 11 is 0. The number of aliphatic imine (C=N–C) groups is 1. The molecule has 5 N–H and O–H groups in total. The summed E-state index contributed by atoms with van der Waals surface area (Å²) in [6, 6.07) is 1.74. The van der Waals surface area contributed by atoms with E-state index in [1.165, 1.54) is 0 Å². The predicted octanol–water partition coefficient (Wildman–Crippen LogP) is 6.53. The number of methoxy groups -OCH3 is 1. The smallest absolute Gasteiger partial charge is 0.186 e. The average Bonchev–Trinajstić information content (AvgIpc) is 3.53. The second-order valence-electron chi connectivity index (χ2n) is 13.2. The number of phenolic OH excluding ortho intramolecular Hbond substituents is 1. The maximum absolute atomic E-state index is 12.9. The Kier molecular flexibility index (Phi) is 13.3. The van der Waals surface area contributed by atoms with Crippen molar-refractivity contribution in [2.45, 2.75) is 122 Å². The maximum Gasteiger partial charge on any atom is 0.186 e. The summed E-state index contributed by atoms with van der Waals surface area (Å²) in [6.45, 7) is 4.88. The van der Waals surface area contributed by atoms with Crippen LogP contribution in [0.5, 0.6) is 11.5 Å². The van der Waals surface area contributed by atoms with Gasteiger partial charge in [0.2, 0.25) is 0 Å². The van der Waals surface area contributed by atoms with Crippen LogP contribution >= 0.6 is 0 Å². The number of nitrogens with two attached hydrogens (primary N) is 2. The molecule has 1 fully saturated rings. The number of carbonyl (C=O) groups excluding carboxylic acids is 1. The van der Waals surface area contributed by atoms with Crippen LogP contribution in [0.2, 0.25) is 0 Å². The van der Waals surface area contributed by atoms with Gasteiger partial charge < -0.3 is 26.0 Å². The van der Waals surface area contributed by atoms with Crippen molar-refractivity contribution in [1.82, 2.24) is 0 Å². The van der Waals surface area contributed by atoms with Gasteiger partial charge in [0.15, 0.2) is 23.2 Å². The maximum atomic E-state index is 12.9. The molecule has 4 aliphatic rings. The molecular formula is C38H53N3O4. The summed E-state index contributed by atoms with van der Waals surface area (Å²) in [7, 11) is 1.74. The molecule has 7 nitrogen and oxygen atoms in total. The topological polar surface area (TPSA) is 120 Å². The van der Waals surface area contributed by atoms with Gasteiger partial charge in [-0.15, -0.1) is 11.8 Å². The van der Waals surface area contributed by atoms with Crippen LogP contribution in [0.3, 0.4) is 0 Å². The molecule has 2 bridgehead atoms. The first kappa shape index (κ1) is 34.5. The minimum absolute atomic E-state index is 0.0344. The minimum atomic E-state index is -0.205. The Balaban J connectivity index is 1.93. The quantitative estimate of drug-likeness (QED) is 0.113. The van der Waals surface area contributed by atoms with Crippen molar-refractivity contribution in [2.75, 3.05) is 13.7 Å². The zero-order chi connectivity index (χ0) is 32.2. The van der Waals surface area contributed by atoms with Gasteiger partial charge in [0.1, 0.15) is 0 Å². The normalized spacial score (nSPS) is 25.3. The molecule has 1 aromatic rings. The number of aromatic hydroxyl groups is 1. The first-order chi connectivity index (χ1) is 21.8. The van der Waals surface area contributed by atoms with Crippen LogP contribution in [0.1, 0.15) is 120 Å². The zero-order valence-corrected chi connectivity index (χ0v) is 27.6. The summed E-state index contributed by atoms with van der Waals surface area (Å²) in [5, 5.41) is 12.1.